The van der Waals surface area contributed by atoms with Crippen molar-refractivity contribution in [2.45, 2.75) is 12.8 Å². The van der Waals surface area contributed by atoms with Crippen molar-refractivity contribution in [3.05, 3.63) is 72.9 Å². The maximum atomic E-state index is 14.7. The number of aryl methyl sites for hydroxylation is 1. The third-order valence-electron chi connectivity index (χ3n) is 7.42. The van der Waals surface area contributed by atoms with Crippen LogP contribution >= 0.6 is 0 Å². The minimum atomic E-state index is -0.315. The van der Waals surface area contributed by atoms with Gasteiger partial charge >= 0.3 is 0 Å². The largest absolute Gasteiger partial charge is 0.492 e. The number of nitrogens with zero attached hydrogens (tertiary/aromatic N) is 5. The van der Waals surface area contributed by atoms with Crippen molar-refractivity contribution in [3.8, 4) is 39.5 Å². The Bertz CT molecular complexity index is 1790. The van der Waals surface area contributed by atoms with Crippen LogP contribution in [0.15, 0.2) is 67.1 Å². The molecular formula is C30H28FN7O. The van der Waals surface area contributed by atoms with Crippen molar-refractivity contribution in [1.29, 1.82) is 0 Å². The van der Waals surface area contributed by atoms with Crippen LogP contribution in [0, 0.1) is 5.82 Å². The van der Waals surface area contributed by atoms with Crippen LogP contribution in [-0.4, -0.2) is 61.1 Å². The summed E-state index contributed by atoms with van der Waals surface area (Å²) in [7, 11) is 1.88. The average Bonchev–Trinajstić information content (AvgIpc) is 3.74. The summed E-state index contributed by atoms with van der Waals surface area (Å²) in [4.78, 5) is 10.5. The number of hydrogen-bond donors (Lipinski definition) is 2. The summed E-state index contributed by atoms with van der Waals surface area (Å²) in [5, 5.41) is 13.9. The van der Waals surface area contributed by atoms with Gasteiger partial charge in [0.05, 0.1) is 29.3 Å². The van der Waals surface area contributed by atoms with Crippen LogP contribution < -0.4 is 4.74 Å². The number of aromatic amines is 2. The van der Waals surface area contributed by atoms with E-state index in [9.17, 15) is 4.39 Å². The van der Waals surface area contributed by atoms with Crippen LogP contribution in [-0.2, 0) is 7.05 Å². The Morgan fingerprint density at radius 2 is 1.87 bits per heavy atom. The molecule has 1 saturated heterocycles. The van der Waals surface area contributed by atoms with Gasteiger partial charge < -0.3 is 9.72 Å². The first-order valence-corrected chi connectivity index (χ1v) is 13.2. The standard InChI is InChI=1S/C30H28FN7O/c1-37-18-20(16-33-37)27-15-25-29(17-32-27)35-36-30(25)28-14-24-23(5-4-6-26(24)34-28)19-11-21(31)13-22(12-19)39-10-9-38-7-2-3-8-38/h4-6,11-18,34H,2-3,7-10H2,1H3,(H,35,36). The lowest BCUT2D eigenvalue weighted by Crippen LogP contribution is -2.25. The smallest absolute Gasteiger partial charge is 0.127 e. The molecule has 0 bridgehead atoms. The maximum absolute atomic E-state index is 14.7. The summed E-state index contributed by atoms with van der Waals surface area (Å²) in [6.07, 6.45) is 8.01. The molecule has 39 heavy (non-hydrogen) atoms. The first-order valence-electron chi connectivity index (χ1n) is 13.2. The van der Waals surface area contributed by atoms with Crippen molar-refractivity contribution in [2.24, 2.45) is 7.05 Å². The normalized spacial score (nSPS) is 14.1. The Labute approximate surface area is 224 Å². The molecule has 1 aliphatic rings. The second kappa shape index (κ2) is 9.67. The molecule has 4 aromatic heterocycles. The van der Waals surface area contributed by atoms with Crippen molar-refractivity contribution < 1.29 is 9.13 Å². The van der Waals surface area contributed by atoms with Gasteiger partial charge in [0.1, 0.15) is 23.9 Å². The number of nitrogens with one attached hydrogen (secondary N) is 2. The summed E-state index contributed by atoms with van der Waals surface area (Å²) in [5.74, 6) is 0.232. The number of likely N-dealkylation sites (tertiary alicyclic amines) is 1. The molecule has 6 aromatic rings. The molecule has 2 aromatic carbocycles. The third kappa shape index (κ3) is 4.55. The van der Waals surface area contributed by atoms with E-state index in [1.165, 1.54) is 18.9 Å². The monoisotopic (exact) mass is 521 g/mol. The zero-order valence-corrected chi connectivity index (χ0v) is 21.6. The molecular weight excluding hydrogens is 493 g/mol. The van der Waals surface area contributed by atoms with E-state index in [-0.39, 0.29) is 5.82 Å². The molecule has 9 heteroatoms. The molecule has 7 rings (SSSR count). The van der Waals surface area contributed by atoms with Crippen molar-refractivity contribution in [2.75, 3.05) is 26.2 Å². The number of hydrogen-bond acceptors (Lipinski definition) is 5. The Morgan fingerprint density at radius 1 is 0.974 bits per heavy atom. The second-order valence-corrected chi connectivity index (χ2v) is 10.1. The topological polar surface area (TPSA) is 87.6 Å². The summed E-state index contributed by atoms with van der Waals surface area (Å²) < 4.78 is 22.4. The van der Waals surface area contributed by atoms with Crippen molar-refractivity contribution in [1.82, 2.24) is 34.8 Å². The SMILES string of the molecule is Cn1cc(-c2cc3c(-c4cc5c(-c6cc(F)cc(OCCN7CCCC7)c6)cccc5[nH]4)n[nH]c3cn2)cn1. The number of fused-ring (bicyclic) bond motifs is 2. The summed E-state index contributed by atoms with van der Waals surface area (Å²) in [6.45, 7) is 3.63. The summed E-state index contributed by atoms with van der Waals surface area (Å²) in [5.41, 5.74) is 6.92. The lowest BCUT2D eigenvalue weighted by atomic mass is 10.0. The molecule has 0 amide bonds. The van der Waals surface area contributed by atoms with E-state index in [0.717, 1.165) is 75.2 Å². The molecule has 0 spiro atoms. The molecule has 0 radical (unpaired) electrons. The second-order valence-electron chi connectivity index (χ2n) is 10.1. The van der Waals surface area contributed by atoms with Crippen molar-refractivity contribution >= 4 is 21.8 Å². The number of benzene rings is 2. The van der Waals surface area contributed by atoms with Crippen LogP contribution in [0.2, 0.25) is 0 Å². The van der Waals surface area contributed by atoms with E-state index >= 15 is 0 Å². The highest BCUT2D eigenvalue weighted by atomic mass is 19.1. The highest BCUT2D eigenvalue weighted by molar-refractivity contribution is 6.01. The van der Waals surface area contributed by atoms with Gasteiger partial charge in [-0.1, -0.05) is 12.1 Å². The molecule has 196 valence electrons. The van der Waals surface area contributed by atoms with E-state index in [1.807, 2.05) is 43.6 Å². The van der Waals surface area contributed by atoms with Gasteiger partial charge in [-0.15, -0.1) is 0 Å². The number of halogens is 1. The molecule has 8 nitrogen and oxygen atoms in total. The van der Waals surface area contributed by atoms with Gasteiger partial charge in [-0.25, -0.2) is 4.39 Å². The average molecular weight is 522 g/mol. The molecule has 2 N–H and O–H groups in total. The summed E-state index contributed by atoms with van der Waals surface area (Å²) >= 11 is 0. The van der Waals surface area contributed by atoms with E-state index in [1.54, 1.807) is 23.1 Å². The van der Waals surface area contributed by atoms with E-state index in [4.69, 9.17) is 4.74 Å². The molecule has 5 heterocycles. The van der Waals surface area contributed by atoms with Gasteiger partial charge in [-0.05, 0) is 67.4 Å². The van der Waals surface area contributed by atoms with Gasteiger partial charge in [0.2, 0.25) is 0 Å². The lowest BCUT2D eigenvalue weighted by molar-refractivity contribution is 0.237. The van der Waals surface area contributed by atoms with E-state index < -0.39 is 0 Å². The Hall–Kier alpha value is -4.50. The van der Waals surface area contributed by atoms with Crippen molar-refractivity contribution in [3.63, 3.8) is 0 Å². The van der Waals surface area contributed by atoms with Crippen LogP contribution in [0.25, 0.3) is 55.6 Å². The predicted octanol–water partition coefficient (Wildman–Crippen LogP) is 5.79. The molecule has 1 fully saturated rings. The van der Waals surface area contributed by atoms with Crippen LogP contribution in [0.3, 0.4) is 0 Å². The first-order chi connectivity index (χ1) is 19.1. The lowest BCUT2D eigenvalue weighted by Gasteiger charge is -2.15. The Morgan fingerprint density at radius 3 is 2.72 bits per heavy atom. The number of H-pyrrole nitrogens is 2. The minimum Gasteiger partial charge on any atom is -0.492 e. The first kappa shape index (κ1) is 23.6. The fourth-order valence-electron chi connectivity index (χ4n) is 5.47. The molecule has 0 aliphatic carbocycles. The number of pyridine rings is 1. The molecule has 0 unspecified atom stereocenters. The van der Waals surface area contributed by atoms with Gasteiger partial charge in [-0.3, -0.25) is 19.7 Å². The van der Waals surface area contributed by atoms with Crippen LogP contribution in [0.5, 0.6) is 5.75 Å². The van der Waals surface area contributed by atoms with Gasteiger partial charge in [0, 0.05) is 47.7 Å². The van der Waals surface area contributed by atoms with E-state index in [2.05, 4.69) is 36.2 Å². The van der Waals surface area contributed by atoms with Gasteiger partial charge in [-0.2, -0.15) is 10.2 Å². The van der Waals surface area contributed by atoms with Gasteiger partial charge in [0.15, 0.2) is 0 Å². The number of ether oxygens (including phenoxy) is 1. The van der Waals surface area contributed by atoms with Crippen LogP contribution in [0.4, 0.5) is 4.39 Å². The Kier molecular flexibility index (Phi) is 5.85. The highest BCUT2D eigenvalue weighted by Crippen LogP contribution is 2.36. The highest BCUT2D eigenvalue weighted by Gasteiger charge is 2.16. The zero-order chi connectivity index (χ0) is 26.3. The molecule has 0 saturated carbocycles. The Balaban J connectivity index is 1.23. The quantitative estimate of drug-likeness (QED) is 0.278. The van der Waals surface area contributed by atoms with Crippen LogP contribution in [0.1, 0.15) is 12.8 Å². The minimum absolute atomic E-state index is 0.315. The maximum Gasteiger partial charge on any atom is 0.127 e. The number of aromatic nitrogens is 6. The van der Waals surface area contributed by atoms with Gasteiger partial charge in [0.25, 0.3) is 0 Å². The molecule has 0 atom stereocenters. The fourth-order valence-corrected chi connectivity index (χ4v) is 5.47. The van der Waals surface area contributed by atoms with E-state index in [0.29, 0.717) is 12.4 Å². The predicted molar refractivity (Wildman–Crippen MR) is 150 cm³/mol. The molecule has 1 aliphatic heterocycles. The zero-order valence-electron chi connectivity index (χ0n) is 21.6. The number of rotatable bonds is 7. The third-order valence-corrected chi connectivity index (χ3v) is 7.42. The fraction of sp³-hybridized carbons (Fsp3) is 0.233. The summed E-state index contributed by atoms with van der Waals surface area (Å²) in [6, 6.07) is 15.0.